The van der Waals surface area contributed by atoms with E-state index >= 15 is 0 Å². The van der Waals surface area contributed by atoms with Gasteiger partial charge in [0.1, 0.15) is 0 Å². The number of aromatic nitrogens is 1. The van der Waals surface area contributed by atoms with Gasteiger partial charge in [-0.15, -0.1) is 0 Å². The Kier molecular flexibility index (Phi) is 5.67. The highest BCUT2D eigenvalue weighted by molar-refractivity contribution is 6.32. The van der Waals surface area contributed by atoms with Gasteiger partial charge in [-0.05, 0) is 36.1 Å². The van der Waals surface area contributed by atoms with Gasteiger partial charge in [0, 0.05) is 16.3 Å². The maximum atomic E-state index is 6.54. The minimum absolute atomic E-state index is 0.0919. The normalized spacial score (nSPS) is 19.8. The van der Waals surface area contributed by atoms with Crippen molar-refractivity contribution < 1.29 is 9.47 Å². The summed E-state index contributed by atoms with van der Waals surface area (Å²) in [4.78, 5) is 4.40. The van der Waals surface area contributed by atoms with Crippen LogP contribution in [0.15, 0.2) is 48.7 Å². The first kappa shape index (κ1) is 19.0. The SMILES string of the molecule is Nc1cnc2ccc(Cl)c(C3CC[C@@H](COCc4ccccc4)OC3)c2c1N. The smallest absolute Gasteiger partial charge is 0.0809 e. The molecule has 5 nitrogen and oxygen atoms in total. The lowest BCUT2D eigenvalue weighted by Gasteiger charge is -2.30. The number of pyridine rings is 1. The van der Waals surface area contributed by atoms with Gasteiger partial charge < -0.3 is 20.9 Å². The molecule has 1 unspecified atom stereocenters. The van der Waals surface area contributed by atoms with Crippen LogP contribution in [-0.4, -0.2) is 24.3 Å². The zero-order chi connectivity index (χ0) is 19.5. The van der Waals surface area contributed by atoms with E-state index in [0.717, 1.165) is 29.3 Å². The summed E-state index contributed by atoms with van der Waals surface area (Å²) in [5.74, 6) is 0.160. The van der Waals surface area contributed by atoms with Gasteiger partial charge in [-0.1, -0.05) is 41.9 Å². The first-order valence-corrected chi connectivity index (χ1v) is 9.86. The van der Waals surface area contributed by atoms with E-state index in [1.54, 1.807) is 6.20 Å². The number of halogens is 1. The molecule has 3 aromatic rings. The Balaban J connectivity index is 1.43. The minimum Gasteiger partial charge on any atom is -0.396 e. The molecule has 2 heterocycles. The summed E-state index contributed by atoms with van der Waals surface area (Å²) in [5, 5.41) is 1.53. The fourth-order valence-electron chi connectivity index (χ4n) is 3.77. The topological polar surface area (TPSA) is 83.4 Å². The van der Waals surface area contributed by atoms with Gasteiger partial charge in [-0.2, -0.15) is 0 Å². The number of nitrogens with two attached hydrogens (primary N) is 2. The van der Waals surface area contributed by atoms with E-state index in [1.165, 1.54) is 5.56 Å². The number of hydrogen-bond donors (Lipinski definition) is 2. The second-order valence-corrected chi connectivity index (χ2v) is 7.62. The van der Waals surface area contributed by atoms with E-state index in [4.69, 9.17) is 32.5 Å². The molecule has 1 aliphatic rings. The molecule has 2 atom stereocenters. The van der Waals surface area contributed by atoms with Crippen molar-refractivity contribution in [3.8, 4) is 0 Å². The number of nitrogen functional groups attached to an aromatic ring is 2. The van der Waals surface area contributed by atoms with Gasteiger partial charge >= 0.3 is 0 Å². The number of fused-ring (bicyclic) bond motifs is 1. The molecule has 0 amide bonds. The van der Waals surface area contributed by atoms with Gasteiger partial charge in [0.25, 0.3) is 0 Å². The maximum absolute atomic E-state index is 6.54. The van der Waals surface area contributed by atoms with Crippen LogP contribution < -0.4 is 11.5 Å². The molecule has 146 valence electrons. The Morgan fingerprint density at radius 1 is 1.11 bits per heavy atom. The monoisotopic (exact) mass is 397 g/mol. The molecule has 0 aliphatic carbocycles. The van der Waals surface area contributed by atoms with Gasteiger partial charge in [0.2, 0.25) is 0 Å². The summed E-state index contributed by atoms with van der Waals surface area (Å²) in [6, 6.07) is 13.9. The molecular weight excluding hydrogens is 374 g/mol. The van der Waals surface area contributed by atoms with Crippen molar-refractivity contribution in [3.05, 3.63) is 64.8 Å². The molecule has 1 aromatic heterocycles. The Hall–Kier alpha value is -2.34. The largest absolute Gasteiger partial charge is 0.396 e. The number of nitrogens with zero attached hydrogens (tertiary/aromatic N) is 1. The molecule has 1 saturated heterocycles. The predicted molar refractivity (Wildman–Crippen MR) is 113 cm³/mol. The molecule has 0 bridgehead atoms. The van der Waals surface area contributed by atoms with E-state index in [2.05, 4.69) is 17.1 Å². The summed E-state index contributed by atoms with van der Waals surface area (Å²) >= 11 is 6.54. The molecule has 0 radical (unpaired) electrons. The van der Waals surface area contributed by atoms with Crippen LogP contribution >= 0.6 is 11.6 Å². The van der Waals surface area contributed by atoms with Gasteiger partial charge in [0.05, 0.1) is 49.0 Å². The standard InChI is InChI=1S/C22H24ClN3O2/c23-17-8-9-19-21(22(25)18(24)10-26-19)20(17)15-6-7-16(28-12-15)13-27-11-14-4-2-1-3-5-14/h1-5,8-10,15-16H,6-7,11-13,24H2,(H2,25,26)/t15?,16-/m0/s1. The van der Waals surface area contributed by atoms with Crippen LogP contribution in [0.1, 0.15) is 29.9 Å². The highest BCUT2D eigenvalue weighted by Crippen LogP contribution is 2.40. The van der Waals surface area contributed by atoms with Crippen LogP contribution in [0, 0.1) is 0 Å². The third kappa shape index (κ3) is 3.92. The van der Waals surface area contributed by atoms with Gasteiger partial charge in [-0.3, -0.25) is 4.98 Å². The fourth-order valence-corrected chi connectivity index (χ4v) is 4.08. The molecule has 4 rings (SSSR count). The van der Waals surface area contributed by atoms with Crippen molar-refractivity contribution in [2.24, 2.45) is 0 Å². The van der Waals surface area contributed by atoms with Gasteiger partial charge in [0.15, 0.2) is 0 Å². The zero-order valence-electron chi connectivity index (χ0n) is 15.6. The average Bonchev–Trinajstić information content (AvgIpc) is 2.72. The average molecular weight is 398 g/mol. The van der Waals surface area contributed by atoms with E-state index < -0.39 is 0 Å². The van der Waals surface area contributed by atoms with Crippen LogP contribution in [0.25, 0.3) is 10.9 Å². The number of rotatable bonds is 5. The lowest BCUT2D eigenvalue weighted by atomic mass is 9.88. The molecule has 0 spiro atoms. The second-order valence-electron chi connectivity index (χ2n) is 7.21. The fraction of sp³-hybridized carbons (Fsp3) is 0.318. The van der Waals surface area contributed by atoms with Crippen molar-refractivity contribution in [3.63, 3.8) is 0 Å². The third-order valence-corrected chi connectivity index (χ3v) is 5.62. The molecule has 2 aromatic carbocycles. The highest BCUT2D eigenvalue weighted by atomic mass is 35.5. The molecular formula is C22H24ClN3O2. The zero-order valence-corrected chi connectivity index (χ0v) is 16.4. The Morgan fingerprint density at radius 3 is 2.68 bits per heavy atom. The van der Waals surface area contributed by atoms with Crippen LogP contribution in [0.4, 0.5) is 11.4 Å². The third-order valence-electron chi connectivity index (χ3n) is 5.29. The number of ether oxygens (including phenoxy) is 2. The van der Waals surface area contributed by atoms with Crippen LogP contribution in [0.5, 0.6) is 0 Å². The summed E-state index contributed by atoms with van der Waals surface area (Å²) in [6.07, 6.45) is 3.54. The van der Waals surface area contributed by atoms with Gasteiger partial charge in [-0.25, -0.2) is 0 Å². The molecule has 1 aliphatic heterocycles. The van der Waals surface area contributed by atoms with E-state index in [0.29, 0.717) is 36.2 Å². The van der Waals surface area contributed by atoms with Crippen LogP contribution in [-0.2, 0) is 16.1 Å². The first-order valence-electron chi connectivity index (χ1n) is 9.49. The van der Waals surface area contributed by atoms with Crippen molar-refractivity contribution in [2.75, 3.05) is 24.7 Å². The van der Waals surface area contributed by atoms with E-state index in [1.807, 2.05) is 30.3 Å². The van der Waals surface area contributed by atoms with E-state index in [-0.39, 0.29) is 12.0 Å². The van der Waals surface area contributed by atoms with Crippen molar-refractivity contribution >= 4 is 33.9 Å². The van der Waals surface area contributed by atoms with Crippen molar-refractivity contribution in [2.45, 2.75) is 31.5 Å². The Labute approximate surface area is 169 Å². The summed E-state index contributed by atoms with van der Waals surface area (Å²) in [5.41, 5.74) is 16.2. The number of hydrogen-bond acceptors (Lipinski definition) is 5. The number of benzene rings is 2. The molecule has 4 N–H and O–H groups in total. The van der Waals surface area contributed by atoms with Crippen LogP contribution in [0.3, 0.4) is 0 Å². The molecule has 0 saturated carbocycles. The molecule has 28 heavy (non-hydrogen) atoms. The predicted octanol–water partition coefficient (Wildman–Crippen LogP) is 4.53. The Bertz CT molecular complexity index is 952. The van der Waals surface area contributed by atoms with E-state index in [9.17, 15) is 0 Å². The second kappa shape index (κ2) is 8.35. The highest BCUT2D eigenvalue weighted by Gasteiger charge is 2.27. The molecule has 1 fully saturated rings. The minimum atomic E-state index is 0.0919. The summed E-state index contributed by atoms with van der Waals surface area (Å²) in [6.45, 7) is 1.76. The van der Waals surface area contributed by atoms with Crippen molar-refractivity contribution in [1.29, 1.82) is 0 Å². The summed E-state index contributed by atoms with van der Waals surface area (Å²) < 4.78 is 11.9. The first-order chi connectivity index (χ1) is 13.6. The molecule has 6 heteroatoms. The summed E-state index contributed by atoms with van der Waals surface area (Å²) in [7, 11) is 0. The maximum Gasteiger partial charge on any atom is 0.0809 e. The quantitative estimate of drug-likeness (QED) is 0.660. The van der Waals surface area contributed by atoms with Crippen molar-refractivity contribution in [1.82, 2.24) is 4.98 Å². The lowest BCUT2D eigenvalue weighted by Crippen LogP contribution is -2.29. The van der Waals surface area contributed by atoms with Crippen LogP contribution in [0.2, 0.25) is 5.02 Å². The lowest BCUT2D eigenvalue weighted by molar-refractivity contribution is -0.0519. The number of anilines is 2. The Morgan fingerprint density at radius 2 is 1.93 bits per heavy atom.